The van der Waals surface area contributed by atoms with Gasteiger partial charge in [-0.2, -0.15) is 0 Å². The summed E-state index contributed by atoms with van der Waals surface area (Å²) in [6, 6.07) is 14.3. The Morgan fingerprint density at radius 1 is 1.16 bits per heavy atom. The molecule has 0 bridgehead atoms. The zero-order valence-corrected chi connectivity index (χ0v) is 13.4. The average Bonchev–Trinajstić information content (AvgIpc) is 2.94. The molecular formula is C20H16O5. The zero-order valence-electron chi connectivity index (χ0n) is 13.4. The van der Waals surface area contributed by atoms with Crippen molar-refractivity contribution in [3.8, 4) is 11.5 Å². The van der Waals surface area contributed by atoms with Crippen LogP contribution in [0.3, 0.4) is 0 Å². The summed E-state index contributed by atoms with van der Waals surface area (Å²) in [5, 5.41) is 0. The van der Waals surface area contributed by atoms with Crippen molar-refractivity contribution in [1.82, 2.24) is 0 Å². The molecule has 0 fully saturated rings. The summed E-state index contributed by atoms with van der Waals surface area (Å²) in [5.74, 6) is 0.397. The first-order chi connectivity index (χ1) is 12.2. The summed E-state index contributed by atoms with van der Waals surface area (Å²) < 4.78 is 15.8. The first-order valence-electron chi connectivity index (χ1n) is 7.70. The quantitative estimate of drug-likeness (QED) is 0.459. The molecule has 1 aliphatic rings. The molecule has 0 aliphatic carbocycles. The molecular weight excluding hydrogens is 320 g/mol. The lowest BCUT2D eigenvalue weighted by atomic mass is 10.1. The number of ketones is 1. The zero-order chi connectivity index (χ0) is 17.6. The van der Waals surface area contributed by atoms with Crippen LogP contribution in [-0.2, 0) is 9.53 Å². The Kier molecular flexibility index (Phi) is 4.95. The van der Waals surface area contributed by atoms with E-state index in [4.69, 9.17) is 14.2 Å². The molecule has 0 unspecified atom stereocenters. The van der Waals surface area contributed by atoms with Gasteiger partial charge in [0.2, 0.25) is 5.78 Å². The van der Waals surface area contributed by atoms with Gasteiger partial charge in [-0.1, -0.05) is 43.0 Å². The van der Waals surface area contributed by atoms with E-state index in [0.29, 0.717) is 17.1 Å². The highest BCUT2D eigenvalue weighted by Crippen LogP contribution is 2.34. The number of esters is 1. The Balaban J connectivity index is 1.70. The maximum Gasteiger partial charge on any atom is 0.344 e. The minimum absolute atomic E-state index is 0.137. The molecule has 0 atom stereocenters. The number of Topliss-reactive ketones (excluding diaryl/α,β-unsaturated/α-hetero) is 1. The van der Waals surface area contributed by atoms with Gasteiger partial charge in [0.15, 0.2) is 12.4 Å². The molecule has 0 saturated carbocycles. The van der Waals surface area contributed by atoms with Crippen molar-refractivity contribution in [3.63, 3.8) is 0 Å². The van der Waals surface area contributed by atoms with Gasteiger partial charge in [0.05, 0.1) is 5.56 Å². The molecule has 0 spiro atoms. The third kappa shape index (κ3) is 3.95. The predicted octanol–water partition coefficient (Wildman–Crippen LogP) is 3.41. The number of hydrogen-bond acceptors (Lipinski definition) is 5. The monoisotopic (exact) mass is 336 g/mol. The SMILES string of the molecule is C=CCOC(=O)COc1ccc2c(c1)OC(=Cc1ccccc1)C2=O. The number of ether oxygens (including phenoxy) is 3. The van der Waals surface area contributed by atoms with Crippen LogP contribution in [0.1, 0.15) is 15.9 Å². The molecule has 0 N–H and O–H groups in total. The van der Waals surface area contributed by atoms with E-state index < -0.39 is 5.97 Å². The second-order valence-electron chi connectivity index (χ2n) is 5.27. The summed E-state index contributed by atoms with van der Waals surface area (Å²) in [7, 11) is 0. The van der Waals surface area contributed by atoms with Crippen molar-refractivity contribution in [2.75, 3.05) is 13.2 Å². The first kappa shape index (κ1) is 16.5. The minimum Gasteiger partial charge on any atom is -0.482 e. The van der Waals surface area contributed by atoms with Crippen LogP contribution >= 0.6 is 0 Å². The molecule has 0 radical (unpaired) electrons. The topological polar surface area (TPSA) is 61.8 Å². The van der Waals surface area contributed by atoms with Gasteiger partial charge in [-0.05, 0) is 23.8 Å². The molecule has 2 aromatic rings. The van der Waals surface area contributed by atoms with E-state index in [2.05, 4.69) is 6.58 Å². The fraction of sp³-hybridized carbons (Fsp3) is 0.100. The maximum absolute atomic E-state index is 12.4. The number of rotatable bonds is 6. The van der Waals surface area contributed by atoms with Gasteiger partial charge in [-0.15, -0.1) is 0 Å². The van der Waals surface area contributed by atoms with Crippen molar-refractivity contribution >= 4 is 17.8 Å². The van der Waals surface area contributed by atoms with E-state index in [-0.39, 0.29) is 24.8 Å². The second kappa shape index (κ2) is 7.49. The van der Waals surface area contributed by atoms with E-state index >= 15 is 0 Å². The van der Waals surface area contributed by atoms with Gasteiger partial charge in [0, 0.05) is 6.07 Å². The Hall–Kier alpha value is -3.34. The van der Waals surface area contributed by atoms with Gasteiger partial charge >= 0.3 is 5.97 Å². The first-order valence-corrected chi connectivity index (χ1v) is 7.70. The largest absolute Gasteiger partial charge is 0.482 e. The molecule has 0 amide bonds. The fourth-order valence-electron chi connectivity index (χ4n) is 2.29. The highest BCUT2D eigenvalue weighted by molar-refractivity contribution is 6.14. The summed E-state index contributed by atoms with van der Waals surface area (Å²) in [6.07, 6.45) is 3.17. The highest BCUT2D eigenvalue weighted by atomic mass is 16.6. The van der Waals surface area contributed by atoms with Gasteiger partial charge in [-0.25, -0.2) is 4.79 Å². The number of fused-ring (bicyclic) bond motifs is 1. The van der Waals surface area contributed by atoms with Crippen LogP contribution < -0.4 is 9.47 Å². The molecule has 5 nitrogen and oxygen atoms in total. The number of benzene rings is 2. The lowest BCUT2D eigenvalue weighted by Crippen LogP contribution is -2.14. The van der Waals surface area contributed by atoms with Gasteiger partial charge in [0.1, 0.15) is 18.1 Å². The van der Waals surface area contributed by atoms with Crippen LogP contribution in [0.25, 0.3) is 6.08 Å². The maximum atomic E-state index is 12.4. The van der Waals surface area contributed by atoms with Crippen LogP contribution in [0.5, 0.6) is 11.5 Å². The van der Waals surface area contributed by atoms with E-state index in [1.165, 1.54) is 6.08 Å². The van der Waals surface area contributed by atoms with Crippen molar-refractivity contribution in [2.45, 2.75) is 0 Å². The van der Waals surface area contributed by atoms with Crippen LogP contribution in [0.4, 0.5) is 0 Å². The summed E-state index contributed by atoms with van der Waals surface area (Å²) in [6.45, 7) is 3.37. The smallest absolute Gasteiger partial charge is 0.344 e. The molecule has 0 saturated heterocycles. The lowest BCUT2D eigenvalue weighted by Gasteiger charge is -2.06. The van der Waals surface area contributed by atoms with Crippen LogP contribution in [0.2, 0.25) is 0 Å². The third-order valence-corrected chi connectivity index (χ3v) is 3.46. The van der Waals surface area contributed by atoms with Gasteiger partial charge < -0.3 is 14.2 Å². The van der Waals surface area contributed by atoms with Crippen molar-refractivity contribution < 1.29 is 23.8 Å². The van der Waals surface area contributed by atoms with Crippen LogP contribution in [0, 0.1) is 0 Å². The van der Waals surface area contributed by atoms with E-state index in [9.17, 15) is 9.59 Å². The summed E-state index contributed by atoms with van der Waals surface area (Å²) in [4.78, 5) is 23.8. The Bertz CT molecular complexity index is 836. The molecule has 2 aromatic carbocycles. The second-order valence-corrected chi connectivity index (χ2v) is 5.27. The fourth-order valence-corrected chi connectivity index (χ4v) is 2.29. The molecule has 3 rings (SSSR count). The molecule has 25 heavy (non-hydrogen) atoms. The molecule has 5 heteroatoms. The molecule has 126 valence electrons. The highest BCUT2D eigenvalue weighted by Gasteiger charge is 2.27. The summed E-state index contributed by atoms with van der Waals surface area (Å²) >= 11 is 0. The normalized spacial score (nSPS) is 13.9. The van der Waals surface area contributed by atoms with Gasteiger partial charge in [0.25, 0.3) is 0 Å². The van der Waals surface area contributed by atoms with Crippen molar-refractivity contribution in [1.29, 1.82) is 0 Å². The van der Waals surface area contributed by atoms with Gasteiger partial charge in [-0.3, -0.25) is 4.79 Å². The Morgan fingerprint density at radius 2 is 1.96 bits per heavy atom. The average molecular weight is 336 g/mol. The van der Waals surface area contributed by atoms with Crippen LogP contribution in [-0.4, -0.2) is 25.0 Å². The van der Waals surface area contributed by atoms with E-state index in [0.717, 1.165) is 5.56 Å². The van der Waals surface area contributed by atoms with Crippen LogP contribution in [0.15, 0.2) is 66.9 Å². The Labute approximate surface area is 145 Å². The Morgan fingerprint density at radius 3 is 2.72 bits per heavy atom. The van der Waals surface area contributed by atoms with E-state index in [1.54, 1.807) is 24.3 Å². The van der Waals surface area contributed by atoms with Crippen molar-refractivity contribution in [2.24, 2.45) is 0 Å². The number of carbonyl (C=O) groups is 2. The number of hydrogen-bond donors (Lipinski definition) is 0. The standard InChI is InChI=1S/C20H16O5/c1-2-10-23-19(21)13-24-15-8-9-16-17(12-15)25-18(20(16)22)11-14-6-4-3-5-7-14/h2-9,11-12H,1,10,13H2. The molecule has 1 heterocycles. The predicted molar refractivity (Wildman–Crippen MR) is 92.5 cm³/mol. The third-order valence-electron chi connectivity index (χ3n) is 3.46. The minimum atomic E-state index is -0.498. The summed E-state index contributed by atoms with van der Waals surface area (Å²) in [5.41, 5.74) is 1.34. The molecule has 1 aliphatic heterocycles. The van der Waals surface area contributed by atoms with Crippen molar-refractivity contribution in [3.05, 3.63) is 78.1 Å². The number of carbonyl (C=O) groups excluding carboxylic acids is 2. The lowest BCUT2D eigenvalue weighted by molar-refractivity contribution is -0.144. The molecule has 0 aromatic heterocycles. The number of allylic oxidation sites excluding steroid dienone is 1. The van der Waals surface area contributed by atoms with E-state index in [1.807, 2.05) is 30.3 Å².